The molecule has 1 aliphatic heterocycles. The molecule has 2 aromatic carbocycles. The van der Waals surface area contributed by atoms with Crippen LogP contribution in [0.3, 0.4) is 0 Å². The first-order chi connectivity index (χ1) is 16.2. The highest BCUT2D eigenvalue weighted by atomic mass is 79.9. The number of rotatable bonds is 5. The Morgan fingerprint density at radius 2 is 1.94 bits per heavy atom. The number of halogens is 2. The van der Waals surface area contributed by atoms with Gasteiger partial charge < -0.3 is 9.84 Å². The summed E-state index contributed by atoms with van der Waals surface area (Å²) in [5, 5.41) is 11.2. The van der Waals surface area contributed by atoms with Gasteiger partial charge in [0.1, 0.15) is 16.5 Å². The quantitative estimate of drug-likeness (QED) is 0.206. The second-order valence-electron chi connectivity index (χ2n) is 7.36. The van der Waals surface area contributed by atoms with Crippen LogP contribution < -0.4 is 4.90 Å². The number of ketones is 1. The van der Waals surface area contributed by atoms with Crippen molar-refractivity contribution in [3.05, 3.63) is 86.1 Å². The molecule has 1 aliphatic rings. The van der Waals surface area contributed by atoms with Gasteiger partial charge in [0.2, 0.25) is 0 Å². The maximum absolute atomic E-state index is 13.4. The lowest BCUT2D eigenvalue weighted by Crippen LogP contribution is -2.29. The third kappa shape index (κ3) is 4.26. The SMILES string of the molecule is CCOC(=O)c1sc(N2C(=O)C(=O)/C(=C(\O)c3ccc(F)cc3)C2c2cccc(Br)c2)nc1C. The molecular formula is C24H18BrFN2O5S. The lowest BCUT2D eigenvalue weighted by atomic mass is 9.95. The normalized spacial score (nSPS) is 17.3. The maximum atomic E-state index is 13.4. The fraction of sp³-hybridized carbons (Fsp3) is 0.167. The monoisotopic (exact) mass is 544 g/mol. The van der Waals surface area contributed by atoms with Gasteiger partial charge in [-0.2, -0.15) is 0 Å². The lowest BCUT2D eigenvalue weighted by Gasteiger charge is -2.23. The van der Waals surface area contributed by atoms with Crippen LogP contribution in [-0.2, 0) is 14.3 Å². The molecule has 1 saturated heterocycles. The molecule has 1 atom stereocenters. The van der Waals surface area contributed by atoms with Crippen LogP contribution >= 0.6 is 27.3 Å². The average molecular weight is 545 g/mol. The highest BCUT2D eigenvalue weighted by Crippen LogP contribution is 2.44. The van der Waals surface area contributed by atoms with E-state index >= 15 is 0 Å². The van der Waals surface area contributed by atoms with Crippen molar-refractivity contribution in [3.8, 4) is 0 Å². The number of carbonyl (C=O) groups excluding carboxylic acids is 3. The summed E-state index contributed by atoms with van der Waals surface area (Å²) in [7, 11) is 0. The number of benzene rings is 2. The van der Waals surface area contributed by atoms with Crippen molar-refractivity contribution >= 4 is 55.8 Å². The van der Waals surface area contributed by atoms with Crippen molar-refractivity contribution in [2.24, 2.45) is 0 Å². The second kappa shape index (κ2) is 9.47. The number of esters is 1. The number of ether oxygens (including phenoxy) is 1. The van der Waals surface area contributed by atoms with E-state index in [1.165, 1.54) is 17.0 Å². The number of carbonyl (C=O) groups is 3. The number of anilines is 1. The summed E-state index contributed by atoms with van der Waals surface area (Å²) in [6, 6.07) is 10.8. The highest BCUT2D eigenvalue weighted by molar-refractivity contribution is 9.10. The molecule has 0 bridgehead atoms. The minimum Gasteiger partial charge on any atom is -0.507 e. The molecule has 7 nitrogen and oxygen atoms in total. The Kier molecular flexibility index (Phi) is 6.63. The number of aromatic nitrogens is 1. The first-order valence-electron chi connectivity index (χ1n) is 10.2. The van der Waals surface area contributed by atoms with E-state index in [1.807, 2.05) is 0 Å². The minimum atomic E-state index is -1.02. The number of aryl methyl sites for hydroxylation is 1. The first-order valence-corrected chi connectivity index (χ1v) is 11.8. The van der Waals surface area contributed by atoms with Crippen molar-refractivity contribution in [1.82, 2.24) is 4.98 Å². The molecule has 10 heteroatoms. The smallest absolute Gasteiger partial charge is 0.350 e. The molecule has 174 valence electrons. The Labute approximate surface area is 206 Å². The molecular weight excluding hydrogens is 527 g/mol. The molecule has 3 aromatic rings. The molecule has 1 N–H and O–H groups in total. The Bertz CT molecular complexity index is 1340. The van der Waals surface area contributed by atoms with E-state index in [2.05, 4.69) is 20.9 Å². The summed E-state index contributed by atoms with van der Waals surface area (Å²) in [6.07, 6.45) is 0. The molecule has 34 heavy (non-hydrogen) atoms. The third-order valence-electron chi connectivity index (χ3n) is 5.18. The zero-order valence-electron chi connectivity index (χ0n) is 18.0. The van der Waals surface area contributed by atoms with Crippen LogP contribution in [0.15, 0.2) is 58.6 Å². The van der Waals surface area contributed by atoms with Crippen LogP contribution in [0.4, 0.5) is 9.52 Å². The molecule has 1 aromatic heterocycles. The highest BCUT2D eigenvalue weighted by Gasteiger charge is 2.48. The minimum absolute atomic E-state index is 0.116. The number of nitrogens with zero attached hydrogens (tertiary/aromatic N) is 2. The van der Waals surface area contributed by atoms with Crippen molar-refractivity contribution in [3.63, 3.8) is 0 Å². The summed E-state index contributed by atoms with van der Waals surface area (Å²) < 4.78 is 19.2. The number of amides is 1. The molecule has 1 fully saturated rings. The van der Waals surface area contributed by atoms with Gasteiger partial charge in [0.05, 0.1) is 23.9 Å². The van der Waals surface area contributed by atoms with Crippen LogP contribution in [-0.4, -0.2) is 34.4 Å². The van der Waals surface area contributed by atoms with Gasteiger partial charge in [-0.05, 0) is 55.8 Å². The summed E-state index contributed by atoms with van der Waals surface area (Å²) >= 11 is 4.32. The fourth-order valence-corrected chi connectivity index (χ4v) is 5.06. The van der Waals surface area contributed by atoms with E-state index in [0.717, 1.165) is 23.5 Å². The van der Waals surface area contributed by atoms with Gasteiger partial charge in [-0.1, -0.05) is 39.4 Å². The Hall–Kier alpha value is -3.37. The molecule has 0 spiro atoms. The third-order valence-corrected chi connectivity index (χ3v) is 6.81. The second-order valence-corrected chi connectivity index (χ2v) is 9.26. The Morgan fingerprint density at radius 1 is 1.24 bits per heavy atom. The van der Waals surface area contributed by atoms with Gasteiger partial charge in [0.25, 0.3) is 5.78 Å². The van der Waals surface area contributed by atoms with Crippen molar-refractivity contribution in [1.29, 1.82) is 0 Å². The number of hydrogen-bond acceptors (Lipinski definition) is 7. The number of Topliss-reactive ketones (excluding diaryl/α,β-unsaturated/α-hetero) is 1. The predicted octanol–water partition coefficient (Wildman–Crippen LogP) is 5.16. The lowest BCUT2D eigenvalue weighted by molar-refractivity contribution is -0.132. The van der Waals surface area contributed by atoms with Gasteiger partial charge in [0.15, 0.2) is 5.13 Å². The molecule has 4 rings (SSSR count). The van der Waals surface area contributed by atoms with Gasteiger partial charge >= 0.3 is 11.9 Å². The average Bonchev–Trinajstić information content (AvgIpc) is 3.31. The maximum Gasteiger partial charge on any atom is 0.350 e. The van der Waals surface area contributed by atoms with E-state index in [4.69, 9.17) is 4.74 Å². The van der Waals surface area contributed by atoms with Crippen molar-refractivity contribution in [2.45, 2.75) is 19.9 Å². The van der Waals surface area contributed by atoms with Gasteiger partial charge in [0, 0.05) is 10.0 Å². The largest absolute Gasteiger partial charge is 0.507 e. The van der Waals surface area contributed by atoms with Gasteiger partial charge in [-0.15, -0.1) is 0 Å². The number of aliphatic hydroxyl groups is 1. The van der Waals surface area contributed by atoms with Crippen LogP contribution in [0.1, 0.15) is 39.5 Å². The van der Waals surface area contributed by atoms with Crippen molar-refractivity contribution < 1.29 is 28.6 Å². The van der Waals surface area contributed by atoms with Gasteiger partial charge in [-0.3, -0.25) is 14.5 Å². The standard InChI is InChI=1S/C24H18BrFN2O5S/c1-3-33-23(32)21-12(2)27-24(34-21)28-18(14-5-4-6-15(25)11-14)17(20(30)22(28)31)19(29)13-7-9-16(26)10-8-13/h4-11,18,29H,3H2,1-2H3/b19-17-. The van der Waals surface area contributed by atoms with Crippen LogP contribution in [0.25, 0.3) is 5.76 Å². The van der Waals surface area contributed by atoms with Gasteiger partial charge in [-0.25, -0.2) is 14.2 Å². The molecule has 1 amide bonds. The molecule has 0 aliphatic carbocycles. The summed E-state index contributed by atoms with van der Waals surface area (Å²) in [5.74, 6) is -3.35. The number of thiazole rings is 1. The number of aliphatic hydroxyl groups excluding tert-OH is 1. The molecule has 2 heterocycles. The first kappa shape index (κ1) is 23.8. The zero-order chi connectivity index (χ0) is 24.6. The van der Waals surface area contributed by atoms with E-state index < -0.39 is 35.3 Å². The summed E-state index contributed by atoms with van der Waals surface area (Å²) in [4.78, 5) is 44.4. The van der Waals surface area contributed by atoms with Crippen molar-refractivity contribution in [2.75, 3.05) is 11.5 Å². The molecule has 1 unspecified atom stereocenters. The van der Waals surface area contributed by atoms with Crippen LogP contribution in [0.2, 0.25) is 0 Å². The topological polar surface area (TPSA) is 96.8 Å². The summed E-state index contributed by atoms with van der Waals surface area (Å²) in [5.41, 5.74) is 0.900. The Balaban J connectivity index is 1.91. The van der Waals surface area contributed by atoms with E-state index in [9.17, 15) is 23.9 Å². The van der Waals surface area contributed by atoms with Crippen LogP contribution in [0.5, 0.6) is 0 Å². The van der Waals surface area contributed by atoms with E-state index in [1.54, 1.807) is 38.1 Å². The predicted molar refractivity (Wildman–Crippen MR) is 128 cm³/mol. The molecule has 0 saturated carbocycles. The fourth-order valence-electron chi connectivity index (χ4n) is 3.66. The number of hydrogen-bond donors (Lipinski definition) is 1. The molecule has 0 radical (unpaired) electrons. The van der Waals surface area contributed by atoms with E-state index in [-0.39, 0.29) is 27.8 Å². The van der Waals surface area contributed by atoms with Crippen LogP contribution in [0, 0.1) is 12.7 Å². The summed E-state index contributed by atoms with van der Waals surface area (Å²) in [6.45, 7) is 3.46. The van der Waals surface area contributed by atoms with E-state index in [0.29, 0.717) is 15.7 Å². The Morgan fingerprint density at radius 3 is 2.59 bits per heavy atom. The zero-order valence-corrected chi connectivity index (χ0v) is 20.4.